The molecule has 0 amide bonds. The number of nitrogens with one attached hydrogen (secondary N) is 1. The summed E-state index contributed by atoms with van der Waals surface area (Å²) in [6.45, 7) is -28.1. The number of hydrogen-bond donors (Lipinski definition) is 20. The molecule has 0 radical (unpaired) electrons. The highest BCUT2D eigenvalue weighted by Gasteiger charge is 2.58. The van der Waals surface area contributed by atoms with E-state index in [9.17, 15) is 59.4 Å². The fourth-order valence-electron chi connectivity index (χ4n) is 16.2. The molecule has 12 aromatic heterocycles. The quantitative estimate of drug-likeness (QED) is 0.0563. The fraction of sp³-hybridized carbons (Fsp3) is 0.508. The zero-order valence-electron chi connectivity index (χ0n) is 67.6. The first-order valence-electron chi connectivity index (χ1n) is 39.2. The number of hydrogen-bond acceptors (Lipinski definition) is 53. The normalized spacial score (nSPS) is 36.9. The van der Waals surface area contributed by atoms with Crippen molar-refractivity contribution in [1.29, 1.82) is 0 Å². The zero-order chi connectivity index (χ0) is 95.5. The van der Waals surface area contributed by atoms with Gasteiger partial charge in [-0.05, 0) is 71.2 Å². The summed E-state index contributed by atoms with van der Waals surface area (Å²) in [4.78, 5) is 132. The Morgan fingerprint density at radius 2 is 0.688 bits per heavy atom. The second-order valence-corrected chi connectivity index (χ2v) is 48.0. The highest BCUT2D eigenvalue weighted by Crippen LogP contribution is 2.61. The lowest BCUT2D eigenvalue weighted by Crippen LogP contribution is -2.36. The van der Waals surface area contributed by atoms with Gasteiger partial charge in [0.25, 0.3) is 5.56 Å². The molecule has 9 fully saturated rings. The van der Waals surface area contributed by atoms with Crippen molar-refractivity contribution in [3.63, 3.8) is 0 Å². The summed E-state index contributed by atoms with van der Waals surface area (Å²) in [5, 5.41) is 55.7. The third-order valence-electron chi connectivity index (χ3n) is 22.2. The maximum Gasteiger partial charge on any atom is 0.386 e. The molecule has 27 N–H and O–H groups in total. The molecule has 73 heteroatoms. The highest BCUT2D eigenvalue weighted by atomic mass is 35.5. The van der Waals surface area contributed by atoms with Crippen LogP contribution in [-0.2, 0) is 146 Å². The number of H-pyrrole nitrogens is 1. The summed E-state index contributed by atoms with van der Waals surface area (Å²) in [5.74, 6) is -0.0287. The van der Waals surface area contributed by atoms with Crippen LogP contribution in [0.2, 0.25) is 0 Å². The van der Waals surface area contributed by atoms with Gasteiger partial charge in [-0.25, -0.2) is 49.4 Å². The molecular weight excluding hydrogens is 2090 g/mol. The van der Waals surface area contributed by atoms with Crippen LogP contribution in [0.25, 0.3) is 66.7 Å². The number of aromatic amines is 1. The number of ether oxygens (including phenoxy) is 6. The Labute approximate surface area is 809 Å². The van der Waals surface area contributed by atoms with Crippen LogP contribution in [0, 0.1) is 0 Å². The van der Waals surface area contributed by atoms with Gasteiger partial charge in [0.1, 0.15) is 161 Å². The molecule has 0 spiro atoms. The van der Waals surface area contributed by atoms with E-state index in [1.807, 2.05) is 0 Å². The van der Waals surface area contributed by atoms with Gasteiger partial charge in [0.2, 0.25) is 17.8 Å². The molecule has 21 rings (SSSR count). The number of fused-ring (bicyclic) bond motifs is 15. The van der Waals surface area contributed by atoms with Gasteiger partial charge < -0.3 is 166 Å². The van der Waals surface area contributed by atoms with Crippen LogP contribution in [0.5, 0.6) is 0 Å². The van der Waals surface area contributed by atoms with Crippen LogP contribution < -0.4 is 51.4 Å². The van der Waals surface area contributed by atoms with Crippen molar-refractivity contribution in [1.82, 2.24) is 107 Å². The summed E-state index contributed by atoms with van der Waals surface area (Å²) in [7, 11) is 0. The van der Waals surface area contributed by atoms with E-state index in [-0.39, 0.29) is 131 Å². The molecule has 9 saturated heterocycles. The smallest absolute Gasteiger partial charge is 0.386 e. The van der Waals surface area contributed by atoms with Crippen LogP contribution in [0.15, 0.2) is 73.6 Å². The number of nitrogen functional groups attached to an aromatic ring is 8. The SMILES string of the molecule is C.C.C.Nc1nc(N)c2ccn([C@@H]3O[C@@H]4COP(O)(=S)O[C@@H]5[C@H](O)[C@@H](COP(=O)(S)O[C@H]4[C@H]3O)O[C@H]5n3cnc4c(N)ncnc43)c2n1.Nc1nc(N)c2ncn([C@@H]3O[C@@H]4COP(O)(=S)O[C@@H]5[C@H](O)[C@@H](COP(O)(=S)O[C@H]4[C@H]3Cl)O[C@H]5n3cnc4c(N)ncnc43)c2n1.Nc1nc(N)c2ncn([C@@H]3O[C@@H]4COP(O)(=S)O[C@@H]5[C@H](O)[C@@H](COP(O)(=S)O[C@H]4[C@H]3O)O[C@H]5n3ccc4c(=O)[nH]cnc43)c2n1. The fourth-order valence-corrected chi connectivity index (χ4v) is 25.3. The van der Waals surface area contributed by atoms with Crippen molar-refractivity contribution in [3.05, 3.63) is 79.2 Å². The van der Waals surface area contributed by atoms with E-state index in [2.05, 4.69) is 92.0 Å². The Balaban J connectivity index is 0.000000148. The Hall–Kier alpha value is -7.36. The van der Waals surface area contributed by atoms with Gasteiger partial charge in [0, 0.05) is 12.4 Å². The number of aliphatic hydroxyl groups is 5. The molecule has 9 aliphatic heterocycles. The summed E-state index contributed by atoms with van der Waals surface area (Å²) >= 11 is 37.3. The first-order valence-corrected chi connectivity index (χ1v) is 55.3. The van der Waals surface area contributed by atoms with E-state index in [1.54, 1.807) is 6.07 Å². The van der Waals surface area contributed by atoms with E-state index in [0.29, 0.717) is 5.39 Å². The van der Waals surface area contributed by atoms with Crippen LogP contribution in [-0.4, -0.2) is 306 Å². The molecule has 138 heavy (non-hydrogen) atoms. The van der Waals surface area contributed by atoms with Gasteiger partial charge in [-0.3, -0.25) is 50.2 Å². The molecule has 60 nitrogen and oxygen atoms in total. The molecule has 12 aromatic rings. The number of imidazole rings is 4. The highest BCUT2D eigenvalue weighted by molar-refractivity contribution is 8.44. The lowest BCUT2D eigenvalue weighted by Gasteiger charge is -2.28. The average Bonchev–Trinajstić information content (AvgIpc) is 1.62. The summed E-state index contributed by atoms with van der Waals surface area (Å²) < 4.78 is 126. The van der Waals surface area contributed by atoms with Crippen LogP contribution in [0.3, 0.4) is 0 Å². The Morgan fingerprint density at radius 1 is 0.362 bits per heavy atom. The van der Waals surface area contributed by atoms with Crippen molar-refractivity contribution in [3.8, 4) is 0 Å². The van der Waals surface area contributed by atoms with Crippen LogP contribution >= 0.6 is 64.2 Å². The number of alkyl halides is 1. The number of anilines is 8. The Bertz CT molecular complexity index is 6730. The number of nitrogens with zero attached hydrogens (tertiary/aromatic N) is 21. The van der Waals surface area contributed by atoms with Gasteiger partial charge in [-0.2, -0.15) is 29.9 Å². The average molecular weight is 2180 g/mol. The minimum absolute atomic E-state index is 0. The Kier molecular flexibility index (Phi) is 29.7. The van der Waals surface area contributed by atoms with Gasteiger partial charge in [-0.1, -0.05) is 34.5 Å². The number of nitrogens with two attached hydrogens (primary N) is 8. The minimum atomic E-state index is -4.29. The zero-order valence-corrected chi connectivity index (χ0v) is 78.7. The summed E-state index contributed by atoms with van der Waals surface area (Å²) in [5.41, 5.74) is 48.7. The van der Waals surface area contributed by atoms with Gasteiger partial charge >= 0.3 is 40.4 Å². The van der Waals surface area contributed by atoms with E-state index >= 15 is 0 Å². The molecule has 21 heterocycles. The van der Waals surface area contributed by atoms with Crippen molar-refractivity contribution in [2.24, 2.45) is 0 Å². The molecule has 9 aliphatic rings. The van der Waals surface area contributed by atoms with Gasteiger partial charge in [0.15, 0.2) is 83.2 Å². The maximum atomic E-state index is 13.4. The van der Waals surface area contributed by atoms with Crippen LogP contribution in [0.1, 0.15) is 59.6 Å². The second kappa shape index (κ2) is 39.6. The molecule has 30 atom stereocenters. The largest absolute Gasteiger partial charge is 0.387 e. The van der Waals surface area contributed by atoms with Crippen LogP contribution in [0.4, 0.5) is 46.9 Å². The van der Waals surface area contributed by atoms with Crippen molar-refractivity contribution in [2.75, 3.05) is 85.5 Å². The van der Waals surface area contributed by atoms with E-state index in [1.165, 1.54) is 90.2 Å². The molecule has 0 saturated carbocycles. The van der Waals surface area contributed by atoms with Crippen molar-refractivity contribution in [2.45, 2.75) is 169 Å². The molecule has 750 valence electrons. The number of aromatic nitrogens is 22. The van der Waals surface area contributed by atoms with Crippen molar-refractivity contribution >= 4 is 237 Å². The minimum Gasteiger partial charge on any atom is -0.387 e. The standard InChI is InChI=1S/C21H26N10O10P2S2.C21H25N9O11P2S2.C20H24ClN11O9P2S2.3CH4/c22-15-7-1-2-30(17(7)29-21(24)28-15)19-12(33)13-9(39-19)4-37-43(35,45)41-14-11(32)8(3-36-42(34,44)40-13)38-20(14)31-6-27-10-16(23)25-5-26-18(10)31;22-15-10-17(28-21(23)27-15)30(6-26-10)19-12(32)13-9(39-19)4-37-43(35,45)41-14-11(31)8(3-36-42(34,44)40-13)38-20(14)29-2-1-7-16(29)24-5-25-18(7)33;21-8-12-7(39-18(8)32-5-28-10-15(23)29-20(24)30-17(10)32)2-37-43(35,45)41-13-11(33)6(1-36-42(34,44)40-12)38-19(13)31-4-27-9-14(22)25-3-26-16(9)31;;;/h1-2,5-6,8-9,11-14,19-20,32-33H,3-4H2,(H,34,44)(H,35,45)(H2,23,25,26)(H4,22,24,28,29);1-2,5-6,8-9,11-14,19-20,31-32H,3-4H2,(H,34,44)(H,35,45)(H,24,25,33)(H4,22,23,27,28);3-8,11-13,18-19,33H,1-2H2,(H,34,44)(H,35,45)(H2,22,25,26)(H4,23,24,29,30);3*1H4/t2*8-,9-,11-,12-,13-,14-,19-,20-,42?,43?;6-,7-,8-,11-,12-,13-,18-,19-,42?,43?;;;/m111.../s1. The number of thiol groups is 1. The molecule has 0 aromatic carbocycles. The van der Waals surface area contributed by atoms with E-state index < -0.39 is 232 Å². The van der Waals surface area contributed by atoms with E-state index in [0.717, 1.165) is 0 Å². The number of halogens is 1. The summed E-state index contributed by atoms with van der Waals surface area (Å²) in [6.07, 6.45) is -17.6. The van der Waals surface area contributed by atoms with E-state index in [4.69, 9.17) is 199 Å². The number of aliphatic hydroxyl groups excluding tert-OH is 5. The third-order valence-corrected chi connectivity index (χ3v) is 32.1. The Morgan fingerprint density at radius 3 is 1.14 bits per heavy atom. The first-order chi connectivity index (χ1) is 63.9. The second-order valence-electron chi connectivity index (χ2n) is 30.7. The maximum absolute atomic E-state index is 13.4. The monoisotopic (exact) mass is 2180 g/mol. The number of rotatable bonds is 6. The third kappa shape index (κ3) is 20.1. The lowest BCUT2D eigenvalue weighted by molar-refractivity contribution is -0.0605. The first kappa shape index (κ1) is 104. The van der Waals surface area contributed by atoms with Gasteiger partial charge in [0.05, 0.1) is 82.1 Å². The predicted octanol–water partition coefficient (Wildman–Crippen LogP) is -0.562. The summed E-state index contributed by atoms with van der Waals surface area (Å²) in [6, 6.07) is 3.09. The molecular formula is C65H87ClN30O30P6S6. The van der Waals surface area contributed by atoms with Crippen molar-refractivity contribution < 1.29 is 137 Å². The molecule has 6 bridgehead atoms. The van der Waals surface area contributed by atoms with Gasteiger partial charge in [-0.15, -0.1) is 11.6 Å². The topological polar surface area (TPSA) is 849 Å². The predicted molar refractivity (Wildman–Crippen MR) is 502 cm³/mol. The molecule has 0 aliphatic carbocycles. The lowest BCUT2D eigenvalue weighted by atomic mass is 10.1. The molecule has 6 unspecified atom stereocenters.